The maximum atomic E-state index is 6.75. The topological polar surface area (TPSA) is 35.3 Å². The predicted octanol–water partition coefficient (Wildman–Crippen LogP) is 12.5. The number of aromatic nitrogens is 1. The fourth-order valence-electron chi connectivity index (χ4n) is 8.80. The number of ether oxygens (including phenoxy) is 1. The third-order valence-corrected chi connectivity index (χ3v) is 11.0. The van der Waals surface area contributed by atoms with Crippen molar-refractivity contribution in [2.45, 2.75) is 18.3 Å². The van der Waals surface area contributed by atoms with Gasteiger partial charge in [0.05, 0.1) is 16.8 Å². The van der Waals surface area contributed by atoms with Crippen LogP contribution in [0.5, 0.6) is 11.5 Å². The van der Waals surface area contributed by atoms with Gasteiger partial charge in [-0.1, -0.05) is 115 Å². The molecule has 240 valence electrons. The molecule has 0 saturated heterocycles. The lowest BCUT2D eigenvalue weighted by Gasteiger charge is -2.40. The van der Waals surface area contributed by atoms with E-state index in [1.807, 2.05) is 6.07 Å². The SMILES string of the molecule is C1=CC2=C(CC1)c1ccccc1C21c2ccccc2Oc2cc3oc4ccc(-c5cc(-c6ccccc6)cc(-c6ccccc6)n5)cc4c3cc21. The molecule has 51 heavy (non-hydrogen) atoms. The van der Waals surface area contributed by atoms with E-state index in [1.54, 1.807) is 0 Å². The van der Waals surface area contributed by atoms with E-state index < -0.39 is 5.41 Å². The zero-order chi connectivity index (χ0) is 33.5. The van der Waals surface area contributed by atoms with E-state index in [9.17, 15) is 0 Å². The first-order valence-corrected chi connectivity index (χ1v) is 17.7. The van der Waals surface area contributed by atoms with Gasteiger partial charge >= 0.3 is 0 Å². The van der Waals surface area contributed by atoms with Gasteiger partial charge in [-0.2, -0.15) is 0 Å². The van der Waals surface area contributed by atoms with Gasteiger partial charge in [0.15, 0.2) is 0 Å². The average molecular weight is 654 g/mol. The van der Waals surface area contributed by atoms with E-state index >= 15 is 0 Å². The van der Waals surface area contributed by atoms with Crippen LogP contribution in [-0.2, 0) is 5.41 Å². The van der Waals surface area contributed by atoms with Crippen LogP contribution in [-0.4, -0.2) is 4.98 Å². The minimum Gasteiger partial charge on any atom is -0.457 e. The molecule has 8 aromatic rings. The van der Waals surface area contributed by atoms with Gasteiger partial charge in [0.25, 0.3) is 0 Å². The van der Waals surface area contributed by atoms with Crippen LogP contribution in [0.2, 0.25) is 0 Å². The summed E-state index contributed by atoms with van der Waals surface area (Å²) in [4.78, 5) is 5.23. The normalized spacial score (nSPS) is 16.9. The molecule has 0 bridgehead atoms. The number of rotatable bonds is 3. The highest BCUT2D eigenvalue weighted by Gasteiger charge is 2.52. The van der Waals surface area contributed by atoms with Crippen molar-refractivity contribution in [3.05, 3.63) is 192 Å². The number of hydrogen-bond acceptors (Lipinski definition) is 3. The molecule has 2 aliphatic carbocycles. The number of pyridine rings is 1. The van der Waals surface area contributed by atoms with Crippen LogP contribution in [0.3, 0.4) is 0 Å². The molecule has 0 saturated carbocycles. The molecule has 1 aliphatic heterocycles. The van der Waals surface area contributed by atoms with Crippen LogP contribution >= 0.6 is 0 Å². The molecule has 0 amide bonds. The molecule has 11 rings (SSSR count). The van der Waals surface area contributed by atoms with Gasteiger partial charge in [0, 0.05) is 39.1 Å². The highest BCUT2D eigenvalue weighted by Crippen LogP contribution is 2.63. The van der Waals surface area contributed by atoms with Crippen molar-refractivity contribution in [3.63, 3.8) is 0 Å². The molecule has 3 aliphatic rings. The van der Waals surface area contributed by atoms with Crippen molar-refractivity contribution >= 4 is 27.5 Å². The summed E-state index contributed by atoms with van der Waals surface area (Å²) in [5.74, 6) is 1.73. The van der Waals surface area contributed by atoms with Crippen LogP contribution in [0.4, 0.5) is 0 Å². The first-order chi connectivity index (χ1) is 25.3. The molecular weight excluding hydrogens is 623 g/mol. The Morgan fingerprint density at radius 1 is 0.510 bits per heavy atom. The third-order valence-electron chi connectivity index (χ3n) is 11.0. The Bertz CT molecular complexity index is 2710. The van der Waals surface area contributed by atoms with E-state index in [1.165, 1.54) is 27.8 Å². The second-order valence-corrected chi connectivity index (χ2v) is 13.7. The smallest absolute Gasteiger partial charge is 0.139 e. The Balaban J connectivity index is 1.15. The Morgan fingerprint density at radius 3 is 2.06 bits per heavy atom. The molecule has 3 heteroatoms. The van der Waals surface area contributed by atoms with Crippen LogP contribution in [0.15, 0.2) is 174 Å². The lowest BCUT2D eigenvalue weighted by molar-refractivity contribution is 0.435. The molecule has 0 fully saturated rings. The molecule has 1 atom stereocenters. The molecule has 0 radical (unpaired) electrons. The van der Waals surface area contributed by atoms with Gasteiger partial charge in [0.2, 0.25) is 0 Å². The maximum absolute atomic E-state index is 6.75. The van der Waals surface area contributed by atoms with E-state index in [-0.39, 0.29) is 0 Å². The molecule has 6 aromatic carbocycles. The second-order valence-electron chi connectivity index (χ2n) is 13.7. The Kier molecular flexibility index (Phi) is 6.00. The molecule has 3 heterocycles. The summed E-state index contributed by atoms with van der Waals surface area (Å²) in [5, 5.41) is 2.13. The fourth-order valence-corrected chi connectivity index (χ4v) is 8.80. The Morgan fingerprint density at radius 2 is 1.22 bits per heavy atom. The first kappa shape index (κ1) is 28.4. The molecule has 1 unspecified atom stereocenters. The average Bonchev–Trinajstić information content (AvgIpc) is 3.70. The van der Waals surface area contributed by atoms with Crippen LogP contribution in [0, 0.1) is 0 Å². The minimum absolute atomic E-state index is 0.488. The quantitative estimate of drug-likeness (QED) is 0.190. The van der Waals surface area contributed by atoms with Crippen molar-refractivity contribution in [1.29, 1.82) is 0 Å². The number of hydrogen-bond donors (Lipinski definition) is 0. The van der Waals surface area contributed by atoms with Gasteiger partial charge < -0.3 is 9.15 Å². The van der Waals surface area contributed by atoms with Crippen LogP contribution < -0.4 is 4.74 Å². The largest absolute Gasteiger partial charge is 0.457 e. The van der Waals surface area contributed by atoms with Crippen molar-refractivity contribution in [2.75, 3.05) is 0 Å². The van der Waals surface area contributed by atoms with Gasteiger partial charge in [-0.05, 0) is 88.7 Å². The summed E-state index contributed by atoms with van der Waals surface area (Å²) in [6.07, 6.45) is 6.79. The standard InChI is InChI=1S/C48H31NO2/c1-3-13-30(14-4-1)33-26-42(31-15-5-2-6-16-31)49-43(27-33)32-23-24-44-36(25-32)37-28-41-47(29-46(37)50-44)51-45-22-12-11-21-40(45)48(41)38-19-9-7-17-34(38)35-18-8-10-20-39(35)48/h1-7,9-17,19-29H,8,18H2. The highest BCUT2D eigenvalue weighted by molar-refractivity contribution is 6.08. The summed E-state index contributed by atoms with van der Waals surface area (Å²) in [5.41, 5.74) is 15.3. The first-order valence-electron chi connectivity index (χ1n) is 17.7. The number of benzene rings is 6. The number of fused-ring (bicyclic) bond motifs is 11. The number of nitrogens with zero attached hydrogens (tertiary/aromatic N) is 1. The van der Waals surface area contributed by atoms with E-state index in [2.05, 4.69) is 158 Å². The fraction of sp³-hybridized carbons (Fsp3) is 0.0625. The zero-order valence-corrected chi connectivity index (χ0v) is 27.8. The zero-order valence-electron chi connectivity index (χ0n) is 27.8. The third kappa shape index (κ3) is 4.09. The lowest BCUT2D eigenvalue weighted by atomic mass is 9.64. The summed E-state index contributed by atoms with van der Waals surface area (Å²) in [7, 11) is 0. The van der Waals surface area contributed by atoms with E-state index in [4.69, 9.17) is 14.1 Å². The van der Waals surface area contributed by atoms with Crippen molar-refractivity contribution in [2.24, 2.45) is 0 Å². The van der Waals surface area contributed by atoms with E-state index in [0.717, 1.165) is 85.5 Å². The predicted molar refractivity (Wildman–Crippen MR) is 206 cm³/mol. The van der Waals surface area contributed by atoms with Crippen molar-refractivity contribution in [1.82, 2.24) is 4.98 Å². The molecule has 3 nitrogen and oxygen atoms in total. The Hall–Kier alpha value is -6.45. The van der Waals surface area contributed by atoms with Crippen molar-refractivity contribution < 1.29 is 9.15 Å². The maximum Gasteiger partial charge on any atom is 0.139 e. The van der Waals surface area contributed by atoms with Gasteiger partial charge in [-0.25, -0.2) is 4.98 Å². The number of furan rings is 1. The summed E-state index contributed by atoms with van der Waals surface area (Å²) in [6, 6.07) is 53.8. The number of allylic oxidation sites excluding steroid dienone is 4. The summed E-state index contributed by atoms with van der Waals surface area (Å²) < 4.78 is 13.3. The lowest BCUT2D eigenvalue weighted by Crippen LogP contribution is -2.33. The molecular formula is C48H31NO2. The highest BCUT2D eigenvalue weighted by atomic mass is 16.5. The van der Waals surface area contributed by atoms with Gasteiger partial charge in [0.1, 0.15) is 22.7 Å². The molecule has 0 N–H and O–H groups in total. The Labute approximate surface area is 295 Å². The van der Waals surface area contributed by atoms with Gasteiger partial charge in [-0.3, -0.25) is 0 Å². The van der Waals surface area contributed by atoms with Crippen molar-refractivity contribution in [3.8, 4) is 45.1 Å². The summed E-state index contributed by atoms with van der Waals surface area (Å²) >= 11 is 0. The van der Waals surface area contributed by atoms with Crippen LogP contribution in [0.1, 0.15) is 35.1 Å². The van der Waals surface area contributed by atoms with Crippen LogP contribution in [0.25, 0.3) is 61.2 Å². The second kappa shape index (κ2) is 10.8. The minimum atomic E-state index is -0.488. The summed E-state index contributed by atoms with van der Waals surface area (Å²) in [6.45, 7) is 0. The molecule has 2 aromatic heterocycles. The van der Waals surface area contributed by atoms with Gasteiger partial charge in [-0.15, -0.1) is 0 Å². The van der Waals surface area contributed by atoms with E-state index in [0.29, 0.717) is 0 Å². The molecule has 1 spiro atoms. The number of para-hydroxylation sites is 1. The monoisotopic (exact) mass is 653 g/mol.